The molecule has 68 heavy (non-hydrogen) atoms. The average molecular weight is 970 g/mol. The Morgan fingerprint density at radius 1 is 0.309 bits per heavy atom. The minimum absolute atomic E-state index is 0.0411. The molecule has 0 fully saturated rings. The normalized spacial score (nSPS) is 11.3. The van der Waals surface area contributed by atoms with Crippen molar-refractivity contribution in [1.29, 1.82) is 0 Å². The fourth-order valence-electron chi connectivity index (χ4n) is 7.24. The van der Waals surface area contributed by atoms with E-state index in [0.29, 0.717) is 51.5 Å². The smallest absolute Gasteiger partial charge is 0.306 e. The molecule has 0 heterocycles. The maximum Gasteiger partial charge on any atom is 0.306 e. The molecule has 0 radical (unpaired) electrons. The summed E-state index contributed by atoms with van der Waals surface area (Å²) < 4.78 is 38.9. The van der Waals surface area contributed by atoms with Gasteiger partial charge in [-0.3, -0.25) is 33.6 Å². The molecule has 0 aliphatic heterocycles. The van der Waals surface area contributed by atoms with Gasteiger partial charge in [-0.25, -0.2) is 0 Å². The van der Waals surface area contributed by atoms with E-state index < -0.39 is 54.1 Å². The average Bonchev–Trinajstić information content (AvgIpc) is 3.30. The van der Waals surface area contributed by atoms with Crippen molar-refractivity contribution < 1.29 is 66.7 Å². The third kappa shape index (κ3) is 42.4. The molecular weight excluding hydrogens is 875 g/mol. The molecule has 0 aromatic rings. The first-order chi connectivity index (χ1) is 32.8. The van der Waals surface area contributed by atoms with E-state index in [1.54, 1.807) is 0 Å². The molecule has 0 saturated heterocycles. The van der Waals surface area contributed by atoms with E-state index >= 15 is 0 Å². The monoisotopic (exact) mass is 970 g/mol. The summed E-state index contributed by atoms with van der Waals surface area (Å²) in [5.41, 5.74) is 0. The van der Waals surface area contributed by atoms with Gasteiger partial charge >= 0.3 is 41.8 Å². The Balaban J connectivity index is 5.52. The Kier molecular flexibility index (Phi) is 43.2. The first-order valence-electron chi connectivity index (χ1n) is 26.7. The van der Waals surface area contributed by atoms with Crippen molar-refractivity contribution in [2.24, 2.45) is 0 Å². The van der Waals surface area contributed by atoms with Gasteiger partial charge in [0.15, 0.2) is 12.2 Å². The van der Waals surface area contributed by atoms with Crippen LogP contribution in [-0.2, 0) is 66.7 Å². The van der Waals surface area contributed by atoms with Crippen LogP contribution in [0.2, 0.25) is 0 Å². The van der Waals surface area contributed by atoms with Crippen molar-refractivity contribution in [3.05, 3.63) is 0 Å². The number of nitrogens with zero attached hydrogens (tertiary/aromatic N) is 1. The third-order valence-corrected chi connectivity index (χ3v) is 11.4. The van der Waals surface area contributed by atoms with E-state index in [-0.39, 0.29) is 90.2 Å². The van der Waals surface area contributed by atoms with E-state index in [4.69, 9.17) is 33.2 Å². The second-order valence-electron chi connectivity index (χ2n) is 18.4. The second-order valence-corrected chi connectivity index (χ2v) is 18.4. The highest BCUT2D eigenvalue weighted by Gasteiger charge is 2.23. The number of carbonyl (C=O) groups excluding carboxylic acids is 7. The van der Waals surface area contributed by atoms with Crippen LogP contribution in [0, 0.1) is 0 Å². The minimum Gasteiger partial charge on any atom is -0.462 e. The SMILES string of the molecule is CCCCCCCC(=O)OCC(COC(=O)CCCCCCC)OC(=O)CCCC(CCCC(=O)OC(COC(=O)CCCCCCC)COC(=O)CCCCCCC)OC(=O)CCCN(C)C. The molecular formula is C53H95NO14. The molecule has 15 heteroatoms. The van der Waals surface area contributed by atoms with Gasteiger partial charge in [-0.1, -0.05) is 130 Å². The van der Waals surface area contributed by atoms with Gasteiger partial charge in [-0.15, -0.1) is 0 Å². The highest BCUT2D eigenvalue weighted by Crippen LogP contribution is 2.17. The molecule has 0 amide bonds. The molecule has 0 bridgehead atoms. The van der Waals surface area contributed by atoms with Crippen LogP contribution >= 0.6 is 0 Å². The maximum absolute atomic E-state index is 13.1. The van der Waals surface area contributed by atoms with Gasteiger partial charge < -0.3 is 38.1 Å². The Morgan fingerprint density at radius 3 is 0.838 bits per heavy atom. The molecule has 0 atom stereocenters. The summed E-state index contributed by atoms with van der Waals surface area (Å²) in [5, 5.41) is 0. The topological polar surface area (TPSA) is 187 Å². The first-order valence-corrected chi connectivity index (χ1v) is 26.7. The molecule has 0 rings (SSSR count). The quantitative estimate of drug-likeness (QED) is 0.0318. The summed E-state index contributed by atoms with van der Waals surface area (Å²) in [7, 11) is 3.83. The van der Waals surface area contributed by atoms with Crippen LogP contribution in [0.1, 0.15) is 233 Å². The van der Waals surface area contributed by atoms with E-state index in [1.165, 1.54) is 0 Å². The van der Waals surface area contributed by atoms with Crippen LogP contribution in [0.4, 0.5) is 0 Å². The molecule has 0 aliphatic carbocycles. The number of unbranched alkanes of at least 4 members (excludes halogenated alkanes) is 16. The van der Waals surface area contributed by atoms with E-state index in [0.717, 1.165) is 103 Å². The summed E-state index contributed by atoms with van der Waals surface area (Å²) in [5.74, 6) is -3.17. The number of ether oxygens (including phenoxy) is 7. The molecule has 0 spiro atoms. The maximum atomic E-state index is 13.1. The Hall–Kier alpha value is -3.75. The van der Waals surface area contributed by atoms with Crippen LogP contribution in [0.15, 0.2) is 0 Å². The zero-order chi connectivity index (χ0) is 50.5. The fourth-order valence-corrected chi connectivity index (χ4v) is 7.24. The van der Waals surface area contributed by atoms with Crippen molar-refractivity contribution in [3.8, 4) is 0 Å². The largest absolute Gasteiger partial charge is 0.462 e. The molecule has 0 aliphatic rings. The standard InChI is InChI=1S/C53H95NO14/c1-7-11-15-19-23-32-47(55)62-40-45(41-63-48(56)33-24-20-16-12-8-2)67-51(59)36-27-30-44(66-53(61)38-29-39-54(5)6)31-28-37-52(60)68-46(42-64-49(57)34-25-21-17-13-9-3)43-65-50(58)35-26-22-18-14-10-4/h44-46H,7-43H2,1-6H3. The van der Waals surface area contributed by atoms with E-state index in [2.05, 4.69) is 27.7 Å². The van der Waals surface area contributed by atoms with Crippen molar-refractivity contribution in [2.45, 2.75) is 251 Å². The fraction of sp³-hybridized carbons (Fsp3) is 0.868. The summed E-state index contributed by atoms with van der Waals surface area (Å²) >= 11 is 0. The van der Waals surface area contributed by atoms with Gasteiger partial charge in [0, 0.05) is 44.9 Å². The van der Waals surface area contributed by atoms with Crippen LogP contribution in [0.3, 0.4) is 0 Å². The number of esters is 7. The number of carbonyl (C=O) groups is 7. The summed E-state index contributed by atoms with van der Waals surface area (Å²) in [4.78, 5) is 91.1. The molecule has 0 saturated carbocycles. The predicted molar refractivity (Wildman–Crippen MR) is 262 cm³/mol. The predicted octanol–water partition coefficient (Wildman–Crippen LogP) is 11.0. The lowest BCUT2D eigenvalue weighted by atomic mass is 10.1. The van der Waals surface area contributed by atoms with Crippen LogP contribution < -0.4 is 0 Å². The van der Waals surface area contributed by atoms with Crippen molar-refractivity contribution >= 4 is 41.8 Å². The molecule has 0 aromatic carbocycles. The molecule has 15 nitrogen and oxygen atoms in total. The van der Waals surface area contributed by atoms with Gasteiger partial charge in [0.05, 0.1) is 0 Å². The summed E-state index contributed by atoms with van der Waals surface area (Å²) in [6.07, 6.45) is 19.8. The lowest BCUT2D eigenvalue weighted by Crippen LogP contribution is -2.31. The van der Waals surface area contributed by atoms with Crippen molar-refractivity contribution in [1.82, 2.24) is 4.90 Å². The number of hydrogen-bond acceptors (Lipinski definition) is 15. The van der Waals surface area contributed by atoms with Crippen molar-refractivity contribution in [2.75, 3.05) is 47.1 Å². The number of hydrogen-bond donors (Lipinski definition) is 0. The van der Waals surface area contributed by atoms with E-state index in [1.807, 2.05) is 19.0 Å². The van der Waals surface area contributed by atoms with Gasteiger partial charge in [0.25, 0.3) is 0 Å². The van der Waals surface area contributed by atoms with Gasteiger partial charge in [-0.05, 0) is 78.4 Å². The van der Waals surface area contributed by atoms with Gasteiger partial charge in [0.1, 0.15) is 32.5 Å². The minimum atomic E-state index is -0.978. The highest BCUT2D eigenvalue weighted by atomic mass is 16.6. The summed E-state index contributed by atoms with van der Waals surface area (Å²) in [6, 6.07) is 0. The zero-order valence-corrected chi connectivity index (χ0v) is 43.6. The molecule has 0 N–H and O–H groups in total. The second kappa shape index (κ2) is 45.7. The number of rotatable bonds is 47. The molecule has 0 aromatic heterocycles. The molecule has 396 valence electrons. The first kappa shape index (κ1) is 64.2. The van der Waals surface area contributed by atoms with Crippen LogP contribution in [0.5, 0.6) is 0 Å². The Bertz CT molecular complexity index is 1180. The summed E-state index contributed by atoms with van der Waals surface area (Å²) in [6.45, 7) is 8.23. The van der Waals surface area contributed by atoms with Crippen LogP contribution in [0.25, 0.3) is 0 Å². The molecule has 0 unspecified atom stereocenters. The lowest BCUT2D eigenvalue weighted by Gasteiger charge is -2.20. The Morgan fingerprint density at radius 2 is 0.559 bits per heavy atom. The highest BCUT2D eigenvalue weighted by molar-refractivity contribution is 5.72. The van der Waals surface area contributed by atoms with E-state index in [9.17, 15) is 33.6 Å². The zero-order valence-electron chi connectivity index (χ0n) is 43.6. The third-order valence-electron chi connectivity index (χ3n) is 11.4. The lowest BCUT2D eigenvalue weighted by molar-refractivity contribution is -0.167. The Labute approximate surface area is 410 Å². The van der Waals surface area contributed by atoms with Gasteiger partial charge in [-0.2, -0.15) is 0 Å². The van der Waals surface area contributed by atoms with Gasteiger partial charge in [0.2, 0.25) is 0 Å². The van der Waals surface area contributed by atoms with Crippen LogP contribution in [-0.4, -0.2) is 112 Å². The van der Waals surface area contributed by atoms with Crippen molar-refractivity contribution in [3.63, 3.8) is 0 Å².